The van der Waals surface area contributed by atoms with Crippen LogP contribution >= 0.6 is 0 Å². The summed E-state index contributed by atoms with van der Waals surface area (Å²) in [4.78, 5) is 22.9. The van der Waals surface area contributed by atoms with Gasteiger partial charge in [0.1, 0.15) is 0 Å². The molecule has 0 spiro atoms. The average molecular weight is 274 g/mol. The van der Waals surface area contributed by atoms with E-state index in [4.69, 9.17) is 11.5 Å². The van der Waals surface area contributed by atoms with E-state index in [0.29, 0.717) is 0 Å². The fourth-order valence-electron chi connectivity index (χ4n) is 1.97. The van der Waals surface area contributed by atoms with E-state index in [2.05, 4.69) is 0 Å². The number of aromatic hydroxyl groups is 1. The molecule has 5 N–H and O–H groups in total. The van der Waals surface area contributed by atoms with Crippen molar-refractivity contribution in [1.29, 1.82) is 0 Å². The zero-order valence-corrected chi connectivity index (χ0v) is 10.3. The Morgan fingerprint density at radius 3 is 1.95 bits per heavy atom. The summed E-state index contributed by atoms with van der Waals surface area (Å²) in [7, 11) is 0. The van der Waals surface area contributed by atoms with Crippen LogP contribution in [0.3, 0.4) is 0 Å². The summed E-state index contributed by atoms with van der Waals surface area (Å²) in [6, 6.07) is 7.99. The normalized spacial score (nSPS) is 10.2. The first-order valence-corrected chi connectivity index (χ1v) is 5.64. The molecule has 0 fully saturated rings. The minimum absolute atomic E-state index is 0.0269. The van der Waals surface area contributed by atoms with Gasteiger partial charge < -0.3 is 16.6 Å². The molecule has 0 atom stereocenters. The fourth-order valence-corrected chi connectivity index (χ4v) is 1.97. The van der Waals surface area contributed by atoms with Crippen molar-refractivity contribution in [1.82, 2.24) is 0 Å². The van der Waals surface area contributed by atoms with E-state index < -0.39 is 23.4 Å². The first-order valence-electron chi connectivity index (χ1n) is 5.64. The topological polar surface area (TPSA) is 106 Å². The van der Waals surface area contributed by atoms with E-state index in [1.165, 1.54) is 30.3 Å². The maximum Gasteiger partial charge on any atom is 0.249 e. The van der Waals surface area contributed by atoms with Gasteiger partial charge in [0.05, 0.1) is 0 Å². The third-order valence-corrected chi connectivity index (χ3v) is 2.84. The van der Waals surface area contributed by atoms with Crippen LogP contribution in [0.4, 0.5) is 4.39 Å². The summed E-state index contributed by atoms with van der Waals surface area (Å²) in [6.45, 7) is 0. The SMILES string of the molecule is NC(=O)c1cccc(C(N)=O)c1-c1cccc(O)c1F. The summed E-state index contributed by atoms with van der Waals surface area (Å²) in [5.41, 5.74) is 10.2. The number of rotatable bonds is 3. The second kappa shape index (κ2) is 5.00. The van der Waals surface area contributed by atoms with Crippen LogP contribution in [0.5, 0.6) is 5.75 Å². The van der Waals surface area contributed by atoms with Gasteiger partial charge in [0, 0.05) is 22.3 Å². The van der Waals surface area contributed by atoms with Gasteiger partial charge in [0.25, 0.3) is 0 Å². The number of primary amides is 2. The third kappa shape index (κ3) is 2.18. The second-order valence-electron chi connectivity index (χ2n) is 4.10. The van der Waals surface area contributed by atoms with Crippen molar-refractivity contribution in [3.63, 3.8) is 0 Å². The molecule has 0 radical (unpaired) electrons. The summed E-state index contributed by atoms with van der Waals surface area (Å²) >= 11 is 0. The van der Waals surface area contributed by atoms with Gasteiger partial charge in [-0.25, -0.2) is 4.39 Å². The number of nitrogens with two attached hydrogens (primary N) is 2. The highest BCUT2D eigenvalue weighted by atomic mass is 19.1. The van der Waals surface area contributed by atoms with E-state index >= 15 is 0 Å². The third-order valence-electron chi connectivity index (χ3n) is 2.84. The molecule has 6 heteroatoms. The first-order chi connectivity index (χ1) is 9.43. The number of benzene rings is 2. The van der Waals surface area contributed by atoms with Gasteiger partial charge in [0.15, 0.2) is 11.6 Å². The van der Waals surface area contributed by atoms with Crippen molar-refractivity contribution in [2.75, 3.05) is 0 Å². The van der Waals surface area contributed by atoms with Crippen LogP contribution in [-0.2, 0) is 0 Å². The lowest BCUT2D eigenvalue weighted by Crippen LogP contribution is -2.18. The predicted octanol–water partition coefficient (Wildman–Crippen LogP) is 1.40. The Morgan fingerprint density at radius 2 is 1.45 bits per heavy atom. The Bertz CT molecular complexity index is 681. The molecule has 0 bridgehead atoms. The minimum Gasteiger partial charge on any atom is -0.505 e. The highest BCUT2D eigenvalue weighted by Crippen LogP contribution is 2.33. The lowest BCUT2D eigenvalue weighted by molar-refractivity contribution is 0.0999. The molecule has 2 aromatic carbocycles. The van der Waals surface area contributed by atoms with Crippen LogP contribution < -0.4 is 11.5 Å². The van der Waals surface area contributed by atoms with Gasteiger partial charge in [0.2, 0.25) is 11.8 Å². The van der Waals surface area contributed by atoms with E-state index in [9.17, 15) is 19.1 Å². The highest BCUT2D eigenvalue weighted by molar-refractivity contribution is 6.08. The molecule has 0 heterocycles. The molecule has 0 aliphatic rings. The molecule has 102 valence electrons. The number of hydrogen-bond donors (Lipinski definition) is 3. The zero-order chi connectivity index (χ0) is 14.9. The largest absolute Gasteiger partial charge is 0.505 e. The van der Waals surface area contributed by atoms with Crippen LogP contribution in [0.2, 0.25) is 0 Å². The molecule has 0 saturated heterocycles. The Hall–Kier alpha value is -2.89. The summed E-state index contributed by atoms with van der Waals surface area (Å²) in [5, 5.41) is 9.41. The molecule has 2 rings (SSSR count). The number of phenols is 1. The summed E-state index contributed by atoms with van der Waals surface area (Å²) in [5.74, 6) is -3.21. The van der Waals surface area contributed by atoms with Gasteiger partial charge in [-0.3, -0.25) is 9.59 Å². The number of halogens is 1. The van der Waals surface area contributed by atoms with Gasteiger partial charge in [-0.05, 0) is 18.2 Å². The van der Waals surface area contributed by atoms with Gasteiger partial charge in [-0.2, -0.15) is 0 Å². The number of phenolic OH excluding ortho intramolecular Hbond substituents is 1. The van der Waals surface area contributed by atoms with Crippen molar-refractivity contribution >= 4 is 11.8 Å². The van der Waals surface area contributed by atoms with E-state index in [0.717, 1.165) is 6.07 Å². The van der Waals surface area contributed by atoms with Gasteiger partial charge in [-0.1, -0.05) is 18.2 Å². The molecule has 20 heavy (non-hydrogen) atoms. The molecule has 0 aliphatic heterocycles. The molecule has 2 amide bonds. The molecule has 0 unspecified atom stereocenters. The molecule has 0 saturated carbocycles. The maximum atomic E-state index is 14.0. The van der Waals surface area contributed by atoms with E-state index in [1.54, 1.807) is 0 Å². The van der Waals surface area contributed by atoms with Crippen molar-refractivity contribution in [3.8, 4) is 16.9 Å². The molecular weight excluding hydrogens is 263 g/mol. The number of amides is 2. The van der Waals surface area contributed by atoms with Crippen molar-refractivity contribution in [2.24, 2.45) is 11.5 Å². The summed E-state index contributed by atoms with van der Waals surface area (Å²) < 4.78 is 14.0. The predicted molar refractivity (Wildman–Crippen MR) is 70.5 cm³/mol. The highest BCUT2D eigenvalue weighted by Gasteiger charge is 2.21. The Labute approximate surface area is 113 Å². The Morgan fingerprint density at radius 1 is 0.950 bits per heavy atom. The van der Waals surface area contributed by atoms with Gasteiger partial charge >= 0.3 is 0 Å². The lowest BCUT2D eigenvalue weighted by atomic mass is 9.93. The average Bonchev–Trinajstić information content (AvgIpc) is 2.41. The molecule has 2 aromatic rings. The maximum absolute atomic E-state index is 14.0. The molecule has 5 nitrogen and oxygen atoms in total. The van der Waals surface area contributed by atoms with Crippen LogP contribution in [-0.4, -0.2) is 16.9 Å². The Kier molecular flexibility index (Phi) is 3.39. The van der Waals surface area contributed by atoms with Crippen LogP contribution in [0.1, 0.15) is 20.7 Å². The fraction of sp³-hybridized carbons (Fsp3) is 0. The van der Waals surface area contributed by atoms with Crippen LogP contribution in [0.15, 0.2) is 36.4 Å². The molecular formula is C14H11FN2O3. The van der Waals surface area contributed by atoms with E-state index in [1.807, 2.05) is 0 Å². The molecule has 0 aromatic heterocycles. The quantitative estimate of drug-likeness (QED) is 0.787. The summed E-state index contributed by atoms with van der Waals surface area (Å²) in [6.07, 6.45) is 0. The second-order valence-corrected chi connectivity index (χ2v) is 4.10. The van der Waals surface area contributed by atoms with Crippen molar-refractivity contribution in [3.05, 3.63) is 53.3 Å². The number of carbonyl (C=O) groups excluding carboxylic acids is 2. The number of hydrogen-bond acceptors (Lipinski definition) is 3. The van der Waals surface area contributed by atoms with Crippen LogP contribution in [0.25, 0.3) is 11.1 Å². The molecule has 0 aliphatic carbocycles. The van der Waals surface area contributed by atoms with E-state index in [-0.39, 0.29) is 22.3 Å². The smallest absolute Gasteiger partial charge is 0.249 e. The first kappa shape index (κ1) is 13.5. The number of carbonyl (C=O) groups is 2. The van der Waals surface area contributed by atoms with Crippen molar-refractivity contribution < 1.29 is 19.1 Å². The monoisotopic (exact) mass is 274 g/mol. The zero-order valence-electron chi connectivity index (χ0n) is 10.3. The van der Waals surface area contributed by atoms with Crippen LogP contribution in [0, 0.1) is 5.82 Å². The Balaban J connectivity index is 2.87. The standard InChI is InChI=1S/C14H11FN2O3/c15-12-7(3-2-6-10(12)18)11-8(13(16)19)4-1-5-9(11)14(17)20/h1-6,18H,(H2,16,19)(H2,17,20). The minimum atomic E-state index is -0.955. The lowest BCUT2D eigenvalue weighted by Gasteiger charge is -2.12. The van der Waals surface area contributed by atoms with Gasteiger partial charge in [-0.15, -0.1) is 0 Å². The van der Waals surface area contributed by atoms with Crippen molar-refractivity contribution in [2.45, 2.75) is 0 Å².